The summed E-state index contributed by atoms with van der Waals surface area (Å²) in [4.78, 5) is 28.5. The topological polar surface area (TPSA) is 129 Å². The number of hydrogen-bond acceptors (Lipinski definition) is 9. The van der Waals surface area contributed by atoms with Crippen LogP contribution in [0.25, 0.3) is 0 Å². The van der Waals surface area contributed by atoms with Crippen molar-refractivity contribution in [3.63, 3.8) is 0 Å². The number of hydrogen-bond donors (Lipinski definition) is 2. The fourth-order valence-corrected chi connectivity index (χ4v) is 4.96. The molecule has 198 valence electrons. The van der Waals surface area contributed by atoms with E-state index in [2.05, 4.69) is 38.1 Å². The van der Waals surface area contributed by atoms with E-state index < -0.39 is 0 Å². The number of nitrogen functional groups attached to an aromatic ring is 2. The Morgan fingerprint density at radius 2 is 1.90 bits per heavy atom. The molecule has 0 amide bonds. The number of fused-ring (bicyclic) bond motifs is 1. The van der Waals surface area contributed by atoms with E-state index in [1.807, 2.05) is 36.5 Å². The van der Waals surface area contributed by atoms with Crippen molar-refractivity contribution >= 4 is 17.5 Å². The lowest BCUT2D eigenvalue weighted by atomic mass is 9.90. The molecule has 0 saturated carbocycles. The highest BCUT2D eigenvalue weighted by Crippen LogP contribution is 2.36. The number of nitrogens with zero attached hydrogens (tertiary/aromatic N) is 4. The van der Waals surface area contributed by atoms with E-state index in [0.717, 1.165) is 24.2 Å². The van der Waals surface area contributed by atoms with Crippen LogP contribution in [0.15, 0.2) is 79.3 Å². The maximum absolute atomic E-state index is 13.6. The summed E-state index contributed by atoms with van der Waals surface area (Å²) < 4.78 is 11.2. The van der Waals surface area contributed by atoms with Crippen LogP contribution in [0.2, 0.25) is 0 Å². The minimum absolute atomic E-state index is 0.101. The number of ketones is 1. The summed E-state index contributed by atoms with van der Waals surface area (Å²) in [5, 5.41) is 0. The van der Waals surface area contributed by atoms with Crippen LogP contribution in [0.5, 0.6) is 11.5 Å². The first-order valence-corrected chi connectivity index (χ1v) is 12.6. The van der Waals surface area contributed by atoms with E-state index in [0.29, 0.717) is 29.0 Å². The van der Waals surface area contributed by atoms with E-state index >= 15 is 0 Å². The van der Waals surface area contributed by atoms with Gasteiger partial charge < -0.3 is 25.8 Å². The molecule has 0 unspecified atom stereocenters. The third-order valence-electron chi connectivity index (χ3n) is 6.82. The molecule has 5 rings (SSSR count). The van der Waals surface area contributed by atoms with E-state index in [9.17, 15) is 4.79 Å². The van der Waals surface area contributed by atoms with Gasteiger partial charge in [-0.25, -0.2) is 4.98 Å². The van der Waals surface area contributed by atoms with Crippen molar-refractivity contribution < 1.29 is 14.3 Å². The number of aromatic nitrogens is 3. The molecule has 1 aliphatic rings. The quantitative estimate of drug-likeness (QED) is 0.261. The van der Waals surface area contributed by atoms with Crippen LogP contribution in [0.4, 0.5) is 11.8 Å². The Kier molecular flexibility index (Phi) is 7.40. The molecule has 0 bridgehead atoms. The fourth-order valence-electron chi connectivity index (χ4n) is 4.96. The molecule has 0 spiro atoms. The Morgan fingerprint density at radius 3 is 2.64 bits per heavy atom. The Bertz CT molecular complexity index is 1520. The van der Waals surface area contributed by atoms with Crippen LogP contribution in [-0.2, 0) is 12.8 Å². The molecular formula is C30H30N6O3. The van der Waals surface area contributed by atoms with Crippen molar-refractivity contribution in [3.05, 3.63) is 113 Å². The summed E-state index contributed by atoms with van der Waals surface area (Å²) in [5.74, 6) is 0.986. The Morgan fingerprint density at radius 1 is 1.08 bits per heavy atom. The van der Waals surface area contributed by atoms with Crippen molar-refractivity contribution in [3.8, 4) is 11.5 Å². The first-order valence-electron chi connectivity index (χ1n) is 12.6. The lowest BCUT2D eigenvalue weighted by Crippen LogP contribution is -2.32. The van der Waals surface area contributed by atoms with Gasteiger partial charge >= 0.3 is 0 Å². The normalized spacial score (nSPS) is 14.7. The SMILES string of the molecule is COc1cc(Cc2cnc(N)nc2N)cc(C(=O)C=CN2CCc3ccccc3[C@@H]2c2ccccn2)c1OC. The molecule has 2 aromatic carbocycles. The molecule has 9 nitrogen and oxygen atoms in total. The lowest BCUT2D eigenvalue weighted by Gasteiger charge is -2.36. The smallest absolute Gasteiger partial charge is 0.221 e. The number of pyridine rings is 1. The number of benzene rings is 2. The molecule has 2 aromatic heterocycles. The predicted octanol–water partition coefficient (Wildman–Crippen LogP) is 3.99. The van der Waals surface area contributed by atoms with Crippen molar-refractivity contribution in [2.24, 2.45) is 0 Å². The number of methoxy groups -OCH3 is 2. The monoisotopic (exact) mass is 522 g/mol. The summed E-state index contributed by atoms with van der Waals surface area (Å²) >= 11 is 0. The first-order chi connectivity index (χ1) is 19.0. The standard InChI is InChI=1S/C30H30N6O3/c1-38-26-17-19(15-21-18-34-30(32)35-29(21)31)16-23(28(26)39-2)25(37)11-14-36-13-10-20-7-3-4-8-22(20)27(36)24-9-5-6-12-33-24/h3-9,11-12,14,16-18,27H,10,13,15H2,1-2H3,(H4,31,32,34,35)/t27-/m1/s1. The third-order valence-corrected chi connectivity index (χ3v) is 6.82. The molecule has 0 fully saturated rings. The molecule has 3 heterocycles. The molecule has 0 saturated heterocycles. The van der Waals surface area contributed by atoms with Gasteiger partial charge in [-0.2, -0.15) is 4.98 Å². The summed E-state index contributed by atoms with van der Waals surface area (Å²) in [6, 6.07) is 17.8. The summed E-state index contributed by atoms with van der Waals surface area (Å²) in [5.41, 5.74) is 16.9. The van der Waals surface area contributed by atoms with Crippen molar-refractivity contribution in [1.82, 2.24) is 19.9 Å². The predicted molar refractivity (Wildman–Crippen MR) is 150 cm³/mol. The van der Waals surface area contributed by atoms with Gasteiger partial charge in [-0.1, -0.05) is 30.3 Å². The van der Waals surface area contributed by atoms with Gasteiger partial charge in [0.05, 0.1) is 31.5 Å². The van der Waals surface area contributed by atoms with Crippen molar-refractivity contribution in [2.45, 2.75) is 18.9 Å². The molecule has 4 aromatic rings. The number of allylic oxidation sites excluding steroid dienone is 1. The Labute approximate surface area is 227 Å². The average molecular weight is 523 g/mol. The second-order valence-electron chi connectivity index (χ2n) is 9.22. The highest BCUT2D eigenvalue weighted by molar-refractivity contribution is 6.07. The molecule has 9 heteroatoms. The van der Waals surface area contributed by atoms with Crippen molar-refractivity contribution in [1.29, 1.82) is 0 Å². The highest BCUT2D eigenvalue weighted by atomic mass is 16.5. The van der Waals surface area contributed by atoms with E-state index in [-0.39, 0.29) is 23.6 Å². The maximum Gasteiger partial charge on any atom is 0.221 e. The zero-order valence-corrected chi connectivity index (χ0v) is 21.9. The average Bonchev–Trinajstić information content (AvgIpc) is 2.96. The molecule has 39 heavy (non-hydrogen) atoms. The Balaban J connectivity index is 1.48. The fraction of sp³-hybridized carbons (Fsp3) is 0.200. The highest BCUT2D eigenvalue weighted by Gasteiger charge is 2.28. The summed E-state index contributed by atoms with van der Waals surface area (Å²) in [7, 11) is 3.05. The summed E-state index contributed by atoms with van der Waals surface area (Å²) in [6.45, 7) is 0.749. The van der Waals surface area contributed by atoms with Crippen LogP contribution in [0, 0.1) is 0 Å². The van der Waals surface area contributed by atoms with Crippen LogP contribution in [-0.4, -0.2) is 46.4 Å². The number of ether oxygens (including phenoxy) is 2. The third kappa shape index (κ3) is 5.38. The molecule has 1 atom stereocenters. The van der Waals surface area contributed by atoms with Crippen LogP contribution in [0.1, 0.15) is 44.3 Å². The maximum atomic E-state index is 13.6. The van der Waals surface area contributed by atoms with Gasteiger partial charge in [0.1, 0.15) is 5.82 Å². The number of anilines is 2. The van der Waals surface area contributed by atoms with Crippen molar-refractivity contribution in [2.75, 3.05) is 32.2 Å². The van der Waals surface area contributed by atoms with Crippen LogP contribution < -0.4 is 20.9 Å². The second kappa shape index (κ2) is 11.2. The zero-order chi connectivity index (χ0) is 27.4. The largest absolute Gasteiger partial charge is 0.493 e. The van der Waals surface area contributed by atoms with Gasteiger partial charge in [-0.3, -0.25) is 9.78 Å². The van der Waals surface area contributed by atoms with Gasteiger partial charge in [0, 0.05) is 43.2 Å². The first kappa shape index (κ1) is 25.7. The van der Waals surface area contributed by atoms with E-state index in [1.54, 1.807) is 24.5 Å². The molecule has 0 radical (unpaired) electrons. The van der Waals surface area contributed by atoms with Crippen LogP contribution >= 0.6 is 0 Å². The molecular weight excluding hydrogens is 492 g/mol. The zero-order valence-electron chi connectivity index (χ0n) is 21.9. The van der Waals surface area contributed by atoms with E-state index in [4.69, 9.17) is 20.9 Å². The molecule has 1 aliphatic heterocycles. The second-order valence-corrected chi connectivity index (χ2v) is 9.22. The van der Waals surface area contributed by atoms with Gasteiger partial charge in [0.2, 0.25) is 5.95 Å². The number of nitrogens with two attached hydrogens (primary N) is 2. The Hall–Kier alpha value is -4.92. The molecule has 0 aliphatic carbocycles. The number of carbonyl (C=O) groups excluding carboxylic acids is 1. The van der Waals surface area contributed by atoms with Gasteiger partial charge in [-0.05, 0) is 47.4 Å². The lowest BCUT2D eigenvalue weighted by molar-refractivity contribution is 0.104. The van der Waals surface area contributed by atoms with E-state index in [1.165, 1.54) is 25.3 Å². The number of rotatable bonds is 8. The minimum atomic E-state index is -0.216. The molecule has 4 N–H and O–H groups in total. The van der Waals surface area contributed by atoms with Gasteiger partial charge in [0.15, 0.2) is 17.3 Å². The summed E-state index contributed by atoms with van der Waals surface area (Å²) in [6.07, 6.45) is 8.06. The number of carbonyl (C=O) groups is 1. The van der Waals surface area contributed by atoms with Gasteiger partial charge in [-0.15, -0.1) is 0 Å². The minimum Gasteiger partial charge on any atom is -0.493 e. The van der Waals surface area contributed by atoms with Gasteiger partial charge in [0.25, 0.3) is 0 Å². The van der Waals surface area contributed by atoms with Crippen LogP contribution in [0.3, 0.4) is 0 Å².